The summed E-state index contributed by atoms with van der Waals surface area (Å²) in [6, 6.07) is 2.66. The van der Waals surface area contributed by atoms with Crippen molar-refractivity contribution >= 4 is 0 Å². The topological polar surface area (TPSA) is 38.0 Å². The fraction of sp³-hybridized carbons (Fsp3) is 0.769. The maximum absolute atomic E-state index is 9.73. The van der Waals surface area contributed by atoms with Crippen LogP contribution >= 0.6 is 0 Å². The average Bonchev–Trinajstić information content (AvgIpc) is 2.86. The van der Waals surface area contributed by atoms with Crippen molar-refractivity contribution < 1.29 is 5.11 Å². The Morgan fingerprint density at radius 2 is 2.25 bits per heavy atom. The highest BCUT2D eigenvalue weighted by molar-refractivity contribution is 5.01. The number of nitrogens with zero attached hydrogens (tertiary/aromatic N) is 2. The molecule has 1 aromatic heterocycles. The van der Waals surface area contributed by atoms with Crippen LogP contribution in [0.2, 0.25) is 0 Å². The molecule has 2 rings (SSSR count). The lowest BCUT2D eigenvalue weighted by molar-refractivity contribution is 0.162. The SMILES string of the molecule is CCCC(O)Cc1ccn(C2CCCC2)n1. The summed E-state index contributed by atoms with van der Waals surface area (Å²) < 4.78 is 2.10. The minimum atomic E-state index is -0.225. The van der Waals surface area contributed by atoms with Gasteiger partial charge in [-0.05, 0) is 25.3 Å². The van der Waals surface area contributed by atoms with Crippen LogP contribution in [0.15, 0.2) is 12.3 Å². The molecule has 1 aromatic rings. The van der Waals surface area contributed by atoms with E-state index in [2.05, 4.69) is 29.0 Å². The summed E-state index contributed by atoms with van der Waals surface area (Å²) in [4.78, 5) is 0. The Morgan fingerprint density at radius 3 is 2.94 bits per heavy atom. The van der Waals surface area contributed by atoms with Crippen LogP contribution in [0.5, 0.6) is 0 Å². The highest BCUT2D eigenvalue weighted by Gasteiger charge is 2.17. The van der Waals surface area contributed by atoms with Gasteiger partial charge in [0.15, 0.2) is 0 Å². The van der Waals surface area contributed by atoms with Crippen molar-refractivity contribution in [2.75, 3.05) is 0 Å². The van der Waals surface area contributed by atoms with Crippen LogP contribution in [0.1, 0.15) is 57.2 Å². The Morgan fingerprint density at radius 1 is 1.50 bits per heavy atom. The van der Waals surface area contributed by atoms with E-state index < -0.39 is 0 Å². The van der Waals surface area contributed by atoms with Crippen LogP contribution in [0.4, 0.5) is 0 Å². The van der Waals surface area contributed by atoms with Crippen molar-refractivity contribution in [3.05, 3.63) is 18.0 Å². The molecule has 1 aliphatic rings. The molecule has 0 aliphatic heterocycles. The van der Waals surface area contributed by atoms with E-state index in [0.29, 0.717) is 12.5 Å². The lowest BCUT2D eigenvalue weighted by Gasteiger charge is -2.09. The summed E-state index contributed by atoms with van der Waals surface area (Å²) in [7, 11) is 0. The molecule has 0 amide bonds. The first-order valence-electron chi connectivity index (χ1n) is 6.51. The van der Waals surface area contributed by atoms with Crippen molar-refractivity contribution in [3.8, 4) is 0 Å². The summed E-state index contributed by atoms with van der Waals surface area (Å²) in [5.74, 6) is 0. The van der Waals surface area contributed by atoms with Crippen LogP contribution in [-0.4, -0.2) is 21.0 Å². The van der Waals surface area contributed by atoms with E-state index in [1.54, 1.807) is 0 Å². The smallest absolute Gasteiger partial charge is 0.0650 e. The molecule has 1 unspecified atom stereocenters. The molecule has 1 N–H and O–H groups in total. The molecule has 0 aromatic carbocycles. The Bertz CT molecular complexity index is 315. The Kier molecular flexibility index (Phi) is 3.99. The molecule has 90 valence electrons. The number of rotatable bonds is 5. The first kappa shape index (κ1) is 11.6. The summed E-state index contributed by atoms with van der Waals surface area (Å²) >= 11 is 0. The molecule has 1 heterocycles. The summed E-state index contributed by atoms with van der Waals surface area (Å²) in [6.45, 7) is 2.10. The van der Waals surface area contributed by atoms with Gasteiger partial charge in [0, 0.05) is 12.6 Å². The van der Waals surface area contributed by atoms with Crippen molar-refractivity contribution in [1.82, 2.24) is 9.78 Å². The molecule has 3 nitrogen and oxygen atoms in total. The van der Waals surface area contributed by atoms with Crippen molar-refractivity contribution in [2.45, 2.75) is 64.0 Å². The maximum atomic E-state index is 9.73. The van der Waals surface area contributed by atoms with Gasteiger partial charge < -0.3 is 5.11 Å². The molecule has 0 spiro atoms. The van der Waals surface area contributed by atoms with Gasteiger partial charge in [0.1, 0.15) is 0 Å². The Balaban J connectivity index is 1.91. The average molecular weight is 222 g/mol. The third kappa shape index (κ3) is 2.85. The second-order valence-electron chi connectivity index (χ2n) is 4.87. The van der Waals surface area contributed by atoms with Crippen LogP contribution in [0, 0.1) is 0 Å². The van der Waals surface area contributed by atoms with Crippen LogP contribution < -0.4 is 0 Å². The summed E-state index contributed by atoms with van der Waals surface area (Å²) in [6.07, 6.45) is 9.64. The molecule has 3 heteroatoms. The maximum Gasteiger partial charge on any atom is 0.0650 e. The molecule has 0 radical (unpaired) electrons. The van der Waals surface area contributed by atoms with Gasteiger partial charge in [0.05, 0.1) is 17.8 Å². The second-order valence-corrected chi connectivity index (χ2v) is 4.87. The van der Waals surface area contributed by atoms with Gasteiger partial charge in [-0.3, -0.25) is 4.68 Å². The van der Waals surface area contributed by atoms with Crippen molar-refractivity contribution in [3.63, 3.8) is 0 Å². The van der Waals surface area contributed by atoms with Gasteiger partial charge in [0.25, 0.3) is 0 Å². The first-order valence-corrected chi connectivity index (χ1v) is 6.51. The van der Waals surface area contributed by atoms with Crippen molar-refractivity contribution in [1.29, 1.82) is 0 Å². The minimum Gasteiger partial charge on any atom is -0.393 e. The molecule has 1 fully saturated rings. The number of hydrogen-bond donors (Lipinski definition) is 1. The zero-order valence-corrected chi connectivity index (χ0v) is 10.1. The normalized spacial score (nSPS) is 19.1. The van der Waals surface area contributed by atoms with Gasteiger partial charge in [-0.25, -0.2) is 0 Å². The summed E-state index contributed by atoms with van der Waals surface area (Å²) in [5, 5.41) is 14.3. The largest absolute Gasteiger partial charge is 0.393 e. The number of hydrogen-bond acceptors (Lipinski definition) is 2. The van der Waals surface area contributed by atoms with Crippen molar-refractivity contribution in [2.24, 2.45) is 0 Å². The lowest BCUT2D eigenvalue weighted by atomic mass is 10.1. The predicted molar refractivity (Wildman–Crippen MR) is 64.4 cm³/mol. The van der Waals surface area contributed by atoms with Gasteiger partial charge in [-0.2, -0.15) is 5.10 Å². The molecule has 0 bridgehead atoms. The standard InChI is InChI=1S/C13H22N2O/c1-2-5-13(16)10-11-8-9-15(14-11)12-6-3-4-7-12/h8-9,12-13,16H,2-7,10H2,1H3. The fourth-order valence-electron chi connectivity index (χ4n) is 2.54. The Hall–Kier alpha value is -0.830. The summed E-state index contributed by atoms with van der Waals surface area (Å²) in [5.41, 5.74) is 1.04. The highest BCUT2D eigenvalue weighted by atomic mass is 16.3. The van der Waals surface area contributed by atoms with E-state index in [1.807, 2.05) is 0 Å². The van der Waals surface area contributed by atoms with E-state index in [-0.39, 0.29) is 6.10 Å². The van der Waals surface area contributed by atoms with E-state index in [9.17, 15) is 5.11 Å². The molecular weight excluding hydrogens is 200 g/mol. The molecule has 1 aliphatic carbocycles. The van der Waals surface area contributed by atoms with Gasteiger partial charge in [-0.15, -0.1) is 0 Å². The molecule has 1 atom stereocenters. The third-order valence-corrected chi connectivity index (χ3v) is 3.43. The van der Waals surface area contributed by atoms with Gasteiger partial charge >= 0.3 is 0 Å². The number of aliphatic hydroxyl groups excluding tert-OH is 1. The predicted octanol–water partition coefficient (Wildman–Crippen LogP) is 2.70. The van der Waals surface area contributed by atoms with Crippen LogP contribution in [0.25, 0.3) is 0 Å². The molecular formula is C13H22N2O. The quantitative estimate of drug-likeness (QED) is 0.831. The molecule has 0 saturated heterocycles. The highest BCUT2D eigenvalue weighted by Crippen LogP contribution is 2.28. The number of aliphatic hydroxyl groups is 1. The molecule has 16 heavy (non-hydrogen) atoms. The van der Waals surface area contributed by atoms with E-state index in [4.69, 9.17) is 0 Å². The lowest BCUT2D eigenvalue weighted by Crippen LogP contribution is -2.11. The number of aromatic nitrogens is 2. The zero-order valence-electron chi connectivity index (χ0n) is 10.1. The van der Waals surface area contributed by atoms with E-state index in [0.717, 1.165) is 18.5 Å². The fourth-order valence-corrected chi connectivity index (χ4v) is 2.54. The monoisotopic (exact) mass is 222 g/mol. The first-order chi connectivity index (χ1) is 7.79. The van der Waals surface area contributed by atoms with E-state index >= 15 is 0 Å². The van der Waals surface area contributed by atoms with Gasteiger partial charge in [0.2, 0.25) is 0 Å². The zero-order chi connectivity index (χ0) is 11.4. The Labute approximate surface area is 97.5 Å². The molecule has 1 saturated carbocycles. The second kappa shape index (κ2) is 5.48. The van der Waals surface area contributed by atoms with Crippen LogP contribution in [0.3, 0.4) is 0 Å². The third-order valence-electron chi connectivity index (χ3n) is 3.43. The van der Waals surface area contributed by atoms with Gasteiger partial charge in [-0.1, -0.05) is 26.2 Å². The minimum absolute atomic E-state index is 0.225. The van der Waals surface area contributed by atoms with Crippen LogP contribution in [-0.2, 0) is 6.42 Å². The van der Waals surface area contributed by atoms with E-state index in [1.165, 1.54) is 25.7 Å².